The minimum Gasteiger partial charge on any atom is -0.360 e. The van der Waals surface area contributed by atoms with Gasteiger partial charge in [0, 0.05) is 11.1 Å². The van der Waals surface area contributed by atoms with Crippen molar-refractivity contribution in [2.45, 2.75) is 19.9 Å². The summed E-state index contributed by atoms with van der Waals surface area (Å²) < 4.78 is 7.89. The molecule has 0 aromatic carbocycles. The first kappa shape index (κ1) is 10.8. The van der Waals surface area contributed by atoms with Crippen molar-refractivity contribution in [2.24, 2.45) is 0 Å². The maximum atomic E-state index is 5.80. The molecule has 0 aliphatic heterocycles. The number of nitrogens with zero attached hydrogens (tertiary/aromatic N) is 3. The fourth-order valence-electron chi connectivity index (χ4n) is 1.04. The molecule has 0 saturated carbocycles. The van der Waals surface area contributed by atoms with Gasteiger partial charge in [0.25, 0.3) is 0 Å². The van der Waals surface area contributed by atoms with Crippen LogP contribution in [0.2, 0.25) is 5.15 Å². The molecule has 7 heteroatoms. The van der Waals surface area contributed by atoms with E-state index in [0.29, 0.717) is 17.5 Å². The second kappa shape index (κ2) is 4.87. The molecule has 2 rings (SSSR count). The second-order valence-electron chi connectivity index (χ2n) is 2.83. The molecule has 0 amide bonds. The molecule has 0 fully saturated rings. The highest BCUT2D eigenvalue weighted by Gasteiger charge is 2.05. The number of aryl methyl sites for hydroxylation is 1. The molecule has 0 saturated heterocycles. The van der Waals surface area contributed by atoms with Gasteiger partial charge in [-0.1, -0.05) is 18.5 Å². The molecule has 2 heterocycles. The highest BCUT2D eigenvalue weighted by atomic mass is 35.5. The predicted octanol–water partition coefficient (Wildman–Crippen LogP) is 2.82. The van der Waals surface area contributed by atoms with E-state index >= 15 is 0 Å². The van der Waals surface area contributed by atoms with Crippen LogP contribution >= 0.6 is 34.7 Å². The van der Waals surface area contributed by atoms with Crippen molar-refractivity contribution in [2.75, 3.05) is 5.32 Å². The maximum Gasteiger partial charge on any atom is 0.186 e. The van der Waals surface area contributed by atoms with Crippen LogP contribution in [0.25, 0.3) is 0 Å². The molecule has 0 unspecified atom stereocenters. The van der Waals surface area contributed by atoms with Gasteiger partial charge in [0.15, 0.2) is 11.0 Å². The van der Waals surface area contributed by atoms with Gasteiger partial charge in [-0.3, -0.25) is 0 Å². The third kappa shape index (κ3) is 2.64. The first-order valence-electron chi connectivity index (χ1n) is 4.45. The second-order valence-corrected chi connectivity index (χ2v) is 4.92. The molecule has 1 N–H and O–H groups in total. The fourth-order valence-corrected chi connectivity index (χ4v) is 2.52. The average Bonchev–Trinajstić information content (AvgIpc) is 2.84. The van der Waals surface area contributed by atoms with Gasteiger partial charge >= 0.3 is 0 Å². The van der Waals surface area contributed by atoms with Crippen LogP contribution in [0.1, 0.15) is 16.8 Å². The van der Waals surface area contributed by atoms with Crippen LogP contribution in [0, 0.1) is 0 Å². The summed E-state index contributed by atoms with van der Waals surface area (Å²) in [6.45, 7) is 2.77. The van der Waals surface area contributed by atoms with Crippen LogP contribution in [-0.2, 0) is 13.0 Å². The molecular formula is C8H9ClN4S2. The third-order valence-corrected chi connectivity index (χ3v) is 3.84. The summed E-state index contributed by atoms with van der Waals surface area (Å²) in [5, 5.41) is 4.56. The summed E-state index contributed by atoms with van der Waals surface area (Å²) in [4.78, 5) is 5.57. The third-order valence-electron chi connectivity index (χ3n) is 1.81. The lowest BCUT2D eigenvalue weighted by Crippen LogP contribution is -1.99. The van der Waals surface area contributed by atoms with E-state index in [-0.39, 0.29) is 0 Å². The van der Waals surface area contributed by atoms with E-state index in [0.717, 1.165) is 23.2 Å². The Hall–Kier alpha value is -0.720. The number of rotatable bonds is 4. The zero-order chi connectivity index (χ0) is 10.7. The Balaban J connectivity index is 1.96. The van der Waals surface area contributed by atoms with Gasteiger partial charge in [0.05, 0.1) is 18.3 Å². The van der Waals surface area contributed by atoms with Crippen LogP contribution in [0.3, 0.4) is 0 Å². The minimum absolute atomic E-state index is 0.423. The fraction of sp³-hybridized carbons (Fsp3) is 0.375. The van der Waals surface area contributed by atoms with Gasteiger partial charge in [0.1, 0.15) is 5.01 Å². The van der Waals surface area contributed by atoms with Crippen molar-refractivity contribution >= 4 is 40.5 Å². The van der Waals surface area contributed by atoms with Crippen molar-refractivity contribution in [1.29, 1.82) is 0 Å². The molecule has 2 aromatic rings. The number of nitrogens with one attached hydrogen (secondary N) is 1. The maximum absolute atomic E-state index is 5.80. The number of thiazole rings is 1. The standard InChI is InChI=1S/C8H9ClN4S2/c1-2-5-3-10-6(14-5)4-11-8-7(9)12-15-13-8/h3H,2,4H2,1H3,(H,11,13). The van der Waals surface area contributed by atoms with Gasteiger partial charge in [-0.2, -0.15) is 8.75 Å². The Labute approximate surface area is 101 Å². The predicted molar refractivity (Wildman–Crippen MR) is 63.7 cm³/mol. The van der Waals surface area contributed by atoms with E-state index in [9.17, 15) is 0 Å². The molecule has 0 aliphatic rings. The van der Waals surface area contributed by atoms with Crippen molar-refractivity contribution in [3.05, 3.63) is 21.2 Å². The molecule has 0 atom stereocenters. The molecule has 4 nitrogen and oxygen atoms in total. The zero-order valence-corrected chi connectivity index (χ0v) is 10.4. The van der Waals surface area contributed by atoms with Gasteiger partial charge < -0.3 is 5.32 Å². The highest BCUT2D eigenvalue weighted by Crippen LogP contribution is 2.20. The van der Waals surface area contributed by atoms with Gasteiger partial charge in [-0.25, -0.2) is 4.98 Å². The average molecular weight is 261 g/mol. The largest absolute Gasteiger partial charge is 0.360 e. The first-order chi connectivity index (χ1) is 7.29. The molecule has 0 radical (unpaired) electrons. The number of aromatic nitrogens is 3. The monoisotopic (exact) mass is 260 g/mol. The minimum atomic E-state index is 0.423. The van der Waals surface area contributed by atoms with E-state index < -0.39 is 0 Å². The van der Waals surface area contributed by atoms with Crippen LogP contribution in [-0.4, -0.2) is 13.7 Å². The lowest BCUT2D eigenvalue weighted by Gasteiger charge is -1.98. The number of hydrogen-bond donors (Lipinski definition) is 1. The van der Waals surface area contributed by atoms with E-state index in [1.807, 2.05) is 6.20 Å². The Morgan fingerprint density at radius 3 is 2.93 bits per heavy atom. The van der Waals surface area contributed by atoms with Gasteiger partial charge in [-0.15, -0.1) is 11.3 Å². The number of anilines is 1. The van der Waals surface area contributed by atoms with Gasteiger partial charge in [-0.05, 0) is 6.42 Å². The number of halogens is 1. The van der Waals surface area contributed by atoms with E-state index in [1.54, 1.807) is 11.3 Å². The summed E-state index contributed by atoms with van der Waals surface area (Å²) in [5.41, 5.74) is 0. The van der Waals surface area contributed by atoms with Crippen LogP contribution in [0.5, 0.6) is 0 Å². The van der Waals surface area contributed by atoms with Crippen LogP contribution in [0.15, 0.2) is 6.20 Å². The molecule has 0 aliphatic carbocycles. The molecule has 80 valence electrons. The van der Waals surface area contributed by atoms with E-state index in [1.165, 1.54) is 4.88 Å². The summed E-state index contributed by atoms with van der Waals surface area (Å²) in [7, 11) is 0. The first-order valence-corrected chi connectivity index (χ1v) is 6.37. The smallest absolute Gasteiger partial charge is 0.186 e. The SMILES string of the molecule is CCc1cnc(CNc2nsnc2Cl)s1. The quantitative estimate of drug-likeness (QED) is 0.919. The molecular weight excluding hydrogens is 252 g/mol. The Morgan fingerprint density at radius 1 is 1.47 bits per heavy atom. The van der Waals surface area contributed by atoms with E-state index in [2.05, 4.69) is 26.0 Å². The van der Waals surface area contributed by atoms with Crippen LogP contribution in [0.4, 0.5) is 5.82 Å². The normalized spacial score (nSPS) is 10.5. The molecule has 0 bridgehead atoms. The summed E-state index contributed by atoms with van der Waals surface area (Å²) in [6.07, 6.45) is 2.93. The summed E-state index contributed by atoms with van der Waals surface area (Å²) in [5.74, 6) is 0.634. The van der Waals surface area contributed by atoms with Crippen molar-refractivity contribution < 1.29 is 0 Å². The Bertz CT molecular complexity index is 439. The van der Waals surface area contributed by atoms with Crippen molar-refractivity contribution in [3.63, 3.8) is 0 Å². The Kier molecular flexibility index (Phi) is 3.50. The lowest BCUT2D eigenvalue weighted by molar-refractivity contribution is 1.08. The van der Waals surface area contributed by atoms with Crippen molar-refractivity contribution in [1.82, 2.24) is 13.7 Å². The zero-order valence-electron chi connectivity index (χ0n) is 8.03. The molecule has 2 aromatic heterocycles. The highest BCUT2D eigenvalue weighted by molar-refractivity contribution is 7.11. The van der Waals surface area contributed by atoms with Gasteiger partial charge in [0.2, 0.25) is 0 Å². The molecule has 15 heavy (non-hydrogen) atoms. The summed E-state index contributed by atoms with van der Waals surface area (Å²) >= 11 is 8.59. The van der Waals surface area contributed by atoms with Crippen LogP contribution < -0.4 is 5.32 Å². The Morgan fingerprint density at radius 2 is 2.33 bits per heavy atom. The van der Waals surface area contributed by atoms with E-state index in [4.69, 9.17) is 11.6 Å². The lowest BCUT2D eigenvalue weighted by atomic mass is 10.4. The topological polar surface area (TPSA) is 50.7 Å². The number of hydrogen-bond acceptors (Lipinski definition) is 6. The van der Waals surface area contributed by atoms with Crippen molar-refractivity contribution in [3.8, 4) is 0 Å². The molecule has 0 spiro atoms. The summed E-state index contributed by atoms with van der Waals surface area (Å²) in [6, 6.07) is 0.